The number of nitrogens with zero attached hydrogens (tertiary/aromatic N) is 7. The summed E-state index contributed by atoms with van der Waals surface area (Å²) >= 11 is 1.57. The third kappa shape index (κ3) is 15.6. The molecule has 3 aromatic heterocycles. The minimum Gasteiger partial charge on any atom is -0.391 e. The Morgan fingerprint density at radius 3 is 2.24 bits per heavy atom. The number of aryl methyl sites for hydroxylation is 2. The number of ether oxygens (including phenoxy) is 2. The molecule has 2 aliphatic rings. The van der Waals surface area contributed by atoms with Crippen LogP contribution >= 0.6 is 11.3 Å². The fourth-order valence-electron chi connectivity index (χ4n) is 9.25. The first kappa shape index (κ1) is 56.7. The standard InChI is InChI=1S/C58H69N11O8S/c1-38-8-17-45(31-48(38)65-57-60-22-18-47(64-57)44-7-6-21-59-34-44)63-54(73)43-15-11-41(12-16-43)35-67-23-25-68(26-24-67)51(72)20-28-77-30-29-76-27-19-50(71)66-53(58(3,4)5)56(75)69-36-46(70)32-49(69)55(74)61-33-40-9-13-42(14-10-40)52-39(2)62-37-78-52/h6-18,21-22,31,34,37,46,49,53,70H,19-20,23-30,32-33,35-36H2,1-5H3,(H,61,74)(H,63,73)(H,66,71)(H,60,64,65)/t46?,49?,53-/m1/s1. The normalized spacial score (nSPS) is 16.1. The van der Waals surface area contributed by atoms with E-state index in [2.05, 4.69) is 46.1 Å². The van der Waals surface area contributed by atoms with Crippen molar-refractivity contribution in [3.8, 4) is 21.7 Å². The lowest BCUT2D eigenvalue weighted by molar-refractivity contribution is -0.144. The summed E-state index contributed by atoms with van der Waals surface area (Å²) in [5.41, 5.74) is 9.59. The van der Waals surface area contributed by atoms with Gasteiger partial charge in [-0.3, -0.25) is 33.9 Å². The number of thiazole rings is 1. The molecule has 19 nitrogen and oxygen atoms in total. The van der Waals surface area contributed by atoms with E-state index < -0.39 is 29.5 Å². The maximum absolute atomic E-state index is 14.0. The Labute approximate surface area is 459 Å². The van der Waals surface area contributed by atoms with Crippen molar-refractivity contribution in [1.82, 2.24) is 45.3 Å². The van der Waals surface area contributed by atoms with Crippen molar-refractivity contribution < 1.29 is 38.6 Å². The molecule has 3 aromatic carbocycles. The molecule has 2 saturated heterocycles. The quantitative estimate of drug-likeness (QED) is 0.0455. The molecule has 8 rings (SSSR count). The number of carbonyl (C=O) groups is 5. The monoisotopic (exact) mass is 1080 g/mol. The Bertz CT molecular complexity index is 3000. The van der Waals surface area contributed by atoms with Crippen LogP contribution in [0.3, 0.4) is 0 Å². The predicted molar refractivity (Wildman–Crippen MR) is 298 cm³/mol. The molecule has 410 valence electrons. The fourth-order valence-corrected chi connectivity index (χ4v) is 10.1. The molecule has 20 heteroatoms. The van der Waals surface area contributed by atoms with Gasteiger partial charge in [0.25, 0.3) is 5.91 Å². The Morgan fingerprint density at radius 1 is 0.821 bits per heavy atom. The topological polar surface area (TPSA) is 233 Å². The summed E-state index contributed by atoms with van der Waals surface area (Å²) in [6, 6.07) is 24.8. The molecule has 0 radical (unpaired) electrons. The van der Waals surface area contributed by atoms with Gasteiger partial charge in [0.05, 0.1) is 60.7 Å². The highest BCUT2D eigenvalue weighted by atomic mass is 32.1. The van der Waals surface area contributed by atoms with E-state index in [1.54, 1.807) is 29.9 Å². The molecule has 0 saturated carbocycles. The molecule has 6 aromatic rings. The molecular weight excluding hydrogens is 1010 g/mol. The van der Waals surface area contributed by atoms with Crippen LogP contribution in [0.5, 0.6) is 0 Å². The van der Waals surface area contributed by atoms with E-state index in [9.17, 15) is 29.1 Å². The first-order valence-corrected chi connectivity index (χ1v) is 27.2. The first-order valence-electron chi connectivity index (χ1n) is 26.3. The molecule has 5 N–H and O–H groups in total. The summed E-state index contributed by atoms with van der Waals surface area (Å²) in [7, 11) is 0. The van der Waals surface area contributed by atoms with Gasteiger partial charge in [-0.15, -0.1) is 11.3 Å². The van der Waals surface area contributed by atoms with Crippen molar-refractivity contribution in [3.05, 3.63) is 137 Å². The third-order valence-corrected chi connectivity index (χ3v) is 14.7. The highest BCUT2D eigenvalue weighted by molar-refractivity contribution is 7.13. The van der Waals surface area contributed by atoms with E-state index in [1.165, 1.54) is 4.90 Å². The van der Waals surface area contributed by atoms with Crippen LogP contribution in [0.15, 0.2) is 109 Å². The zero-order chi connectivity index (χ0) is 55.2. The Morgan fingerprint density at radius 2 is 1.55 bits per heavy atom. The predicted octanol–water partition coefficient (Wildman–Crippen LogP) is 6.54. The molecule has 2 unspecified atom stereocenters. The highest BCUT2D eigenvalue weighted by Gasteiger charge is 2.44. The number of piperazine rings is 1. The van der Waals surface area contributed by atoms with Crippen molar-refractivity contribution in [3.63, 3.8) is 0 Å². The molecule has 78 heavy (non-hydrogen) atoms. The van der Waals surface area contributed by atoms with Gasteiger partial charge >= 0.3 is 0 Å². The Balaban J connectivity index is 0.686. The first-order chi connectivity index (χ1) is 37.6. The maximum Gasteiger partial charge on any atom is 0.255 e. The number of aromatic nitrogens is 4. The average molecular weight is 1080 g/mol. The molecule has 5 amide bonds. The van der Waals surface area contributed by atoms with E-state index in [0.717, 1.165) is 49.8 Å². The number of hydrogen-bond acceptors (Lipinski definition) is 15. The van der Waals surface area contributed by atoms with Crippen molar-refractivity contribution in [2.24, 2.45) is 5.41 Å². The number of amides is 5. The third-order valence-electron chi connectivity index (χ3n) is 13.7. The van der Waals surface area contributed by atoms with Crippen LogP contribution in [-0.4, -0.2) is 147 Å². The number of benzene rings is 3. The molecule has 2 aliphatic heterocycles. The lowest BCUT2D eigenvalue weighted by atomic mass is 9.85. The van der Waals surface area contributed by atoms with Crippen LogP contribution in [0.25, 0.3) is 21.7 Å². The van der Waals surface area contributed by atoms with Gasteiger partial charge in [-0.25, -0.2) is 15.0 Å². The van der Waals surface area contributed by atoms with Gasteiger partial charge in [-0.1, -0.05) is 63.2 Å². The highest BCUT2D eigenvalue weighted by Crippen LogP contribution is 2.29. The van der Waals surface area contributed by atoms with Crippen molar-refractivity contribution >= 4 is 58.2 Å². The number of pyridine rings is 1. The van der Waals surface area contributed by atoms with Gasteiger partial charge in [0.15, 0.2) is 0 Å². The minimum absolute atomic E-state index is 0.00237. The molecule has 5 heterocycles. The SMILES string of the molecule is Cc1ccc(NC(=O)c2ccc(CN3CCN(C(=O)CCOCCOCCC(=O)N[C@H](C(=O)N4CC(O)CC4C(=O)NCc4ccc(-c5scnc5C)cc4)C(C)(C)C)CC3)cc2)cc1Nc1nccc(-c2cccnc2)n1. The summed E-state index contributed by atoms with van der Waals surface area (Å²) in [5, 5.41) is 22.7. The Kier molecular flexibility index (Phi) is 19.4. The van der Waals surface area contributed by atoms with Gasteiger partial charge in [-0.2, -0.15) is 0 Å². The van der Waals surface area contributed by atoms with Crippen LogP contribution < -0.4 is 21.3 Å². The molecule has 0 bridgehead atoms. The number of β-amino-alcohol motifs (C(OH)–C–C–N with tert-alkyl or cyclic N) is 1. The van der Waals surface area contributed by atoms with Gasteiger partial charge < -0.3 is 45.6 Å². The minimum atomic E-state index is -0.951. The second-order valence-electron chi connectivity index (χ2n) is 20.6. The van der Waals surface area contributed by atoms with E-state index >= 15 is 0 Å². The number of hydrogen-bond donors (Lipinski definition) is 5. The number of likely N-dealkylation sites (tertiary alicyclic amines) is 1. The smallest absolute Gasteiger partial charge is 0.255 e. The van der Waals surface area contributed by atoms with Crippen molar-refractivity contribution in [2.45, 2.75) is 85.2 Å². The van der Waals surface area contributed by atoms with E-state index in [4.69, 9.17) is 9.47 Å². The summed E-state index contributed by atoms with van der Waals surface area (Å²) in [6.45, 7) is 13.8. The Hall–Kier alpha value is -7.49. The van der Waals surface area contributed by atoms with Crippen LogP contribution in [-0.2, 0) is 41.7 Å². The van der Waals surface area contributed by atoms with Gasteiger partial charge in [0.1, 0.15) is 12.1 Å². The number of rotatable bonds is 22. The summed E-state index contributed by atoms with van der Waals surface area (Å²) in [6.07, 6.45) is 4.60. The second kappa shape index (κ2) is 26.7. The van der Waals surface area contributed by atoms with Gasteiger partial charge in [0, 0.05) is 99.7 Å². The fraction of sp³-hybridized carbons (Fsp3) is 0.397. The number of aliphatic hydroxyl groups is 1. The average Bonchev–Trinajstić information content (AvgIpc) is 4.07. The van der Waals surface area contributed by atoms with Gasteiger partial charge in [0.2, 0.25) is 29.6 Å². The number of carbonyl (C=O) groups excluding carboxylic acids is 5. The van der Waals surface area contributed by atoms with Crippen LogP contribution in [0, 0.1) is 19.3 Å². The lowest BCUT2D eigenvalue weighted by Crippen LogP contribution is -2.57. The van der Waals surface area contributed by atoms with E-state index in [0.29, 0.717) is 49.9 Å². The zero-order valence-corrected chi connectivity index (χ0v) is 45.7. The van der Waals surface area contributed by atoms with Crippen LogP contribution in [0.4, 0.5) is 17.3 Å². The van der Waals surface area contributed by atoms with Crippen molar-refractivity contribution in [1.29, 1.82) is 0 Å². The van der Waals surface area contributed by atoms with E-state index in [-0.39, 0.29) is 82.4 Å². The largest absolute Gasteiger partial charge is 0.391 e. The molecule has 3 atom stereocenters. The van der Waals surface area contributed by atoms with Crippen LogP contribution in [0.1, 0.15) is 72.8 Å². The zero-order valence-electron chi connectivity index (χ0n) is 44.9. The molecule has 0 spiro atoms. The summed E-state index contributed by atoms with van der Waals surface area (Å²) in [5.74, 6) is -0.973. The number of aliphatic hydroxyl groups excluding tert-OH is 1. The summed E-state index contributed by atoms with van der Waals surface area (Å²) in [4.78, 5) is 91.0. The molecular formula is C58H69N11O8S. The van der Waals surface area contributed by atoms with Gasteiger partial charge in [-0.05, 0) is 84.0 Å². The van der Waals surface area contributed by atoms with E-state index in [1.807, 2.05) is 130 Å². The van der Waals surface area contributed by atoms with Crippen LogP contribution in [0.2, 0.25) is 0 Å². The van der Waals surface area contributed by atoms with Crippen molar-refractivity contribution in [2.75, 3.05) is 69.8 Å². The molecule has 2 fully saturated rings. The maximum atomic E-state index is 14.0. The molecule has 0 aliphatic carbocycles. The second-order valence-corrected chi connectivity index (χ2v) is 21.5. The number of anilines is 3. The number of nitrogens with one attached hydrogen (secondary N) is 4. The summed E-state index contributed by atoms with van der Waals surface area (Å²) < 4.78 is 11.3. The lowest BCUT2D eigenvalue weighted by Gasteiger charge is -2.35.